The van der Waals surface area contributed by atoms with Gasteiger partial charge in [0.1, 0.15) is 16.1 Å². The number of carbonyl (C=O) groups excluding carboxylic acids is 1. The summed E-state index contributed by atoms with van der Waals surface area (Å²) >= 11 is 1.20. The maximum absolute atomic E-state index is 13.2. The van der Waals surface area contributed by atoms with Crippen molar-refractivity contribution in [2.24, 2.45) is 0 Å². The number of nitrogens with one attached hydrogen (secondary N) is 1. The largest absolute Gasteiger partial charge is 0.324 e. The molecule has 0 aliphatic carbocycles. The van der Waals surface area contributed by atoms with Crippen molar-refractivity contribution < 1.29 is 17.6 Å². The zero-order chi connectivity index (χ0) is 21.8. The molecule has 3 aromatic rings. The molecule has 1 aliphatic rings. The van der Waals surface area contributed by atoms with Crippen LogP contribution in [0.3, 0.4) is 0 Å². The molecule has 31 heavy (non-hydrogen) atoms. The highest BCUT2D eigenvalue weighted by Crippen LogP contribution is 2.27. The summed E-state index contributed by atoms with van der Waals surface area (Å²) in [5, 5.41) is 4.60. The predicted molar refractivity (Wildman–Crippen MR) is 119 cm³/mol. The van der Waals surface area contributed by atoms with Gasteiger partial charge in [-0.3, -0.25) is 9.69 Å². The van der Waals surface area contributed by atoms with E-state index in [0.29, 0.717) is 36.1 Å². The number of piperazine rings is 1. The Labute approximate surface area is 185 Å². The molecule has 0 bridgehead atoms. The van der Waals surface area contributed by atoms with Crippen molar-refractivity contribution in [3.05, 3.63) is 83.5 Å². The van der Waals surface area contributed by atoms with E-state index in [0.717, 1.165) is 5.56 Å². The Hall–Kier alpha value is -2.59. The number of rotatable bonds is 6. The van der Waals surface area contributed by atoms with Gasteiger partial charge in [-0.05, 0) is 41.3 Å². The van der Waals surface area contributed by atoms with Gasteiger partial charge in [-0.1, -0.05) is 36.4 Å². The van der Waals surface area contributed by atoms with Crippen molar-refractivity contribution >= 4 is 33.0 Å². The van der Waals surface area contributed by atoms with E-state index in [2.05, 4.69) is 5.32 Å². The Balaban J connectivity index is 1.52. The van der Waals surface area contributed by atoms with Gasteiger partial charge in [-0.25, -0.2) is 12.8 Å². The predicted octanol–water partition coefficient (Wildman–Crippen LogP) is 3.57. The van der Waals surface area contributed by atoms with Gasteiger partial charge in [0, 0.05) is 31.9 Å². The third-order valence-electron chi connectivity index (χ3n) is 5.20. The maximum Gasteiger partial charge on any atom is 0.252 e. The van der Waals surface area contributed by atoms with Crippen LogP contribution in [0, 0.1) is 5.82 Å². The molecule has 9 heteroatoms. The number of carbonyl (C=O) groups is 1. The fraction of sp³-hybridized carbons (Fsp3) is 0.227. The minimum atomic E-state index is -3.52. The van der Waals surface area contributed by atoms with Gasteiger partial charge < -0.3 is 5.32 Å². The van der Waals surface area contributed by atoms with Crippen LogP contribution >= 0.6 is 11.3 Å². The molecule has 1 fully saturated rings. The fourth-order valence-corrected chi connectivity index (χ4v) is 6.21. The maximum atomic E-state index is 13.2. The van der Waals surface area contributed by atoms with Crippen molar-refractivity contribution in [2.45, 2.75) is 10.3 Å². The fourth-order valence-electron chi connectivity index (χ4n) is 3.65. The molecule has 1 saturated heterocycles. The van der Waals surface area contributed by atoms with E-state index in [1.54, 1.807) is 17.5 Å². The second-order valence-corrected chi connectivity index (χ2v) is 10.3. The number of benzene rings is 2. The Bertz CT molecular complexity index is 1110. The number of hydrogen-bond acceptors (Lipinski definition) is 5. The van der Waals surface area contributed by atoms with Gasteiger partial charge in [0.25, 0.3) is 10.0 Å². The molecule has 0 radical (unpaired) electrons. The Morgan fingerprint density at radius 2 is 1.61 bits per heavy atom. The number of thiophene rings is 1. The SMILES string of the molecule is O=C(Nc1ccc(F)cc1)[C@@H](c1ccccc1)N1CCN(S(=O)(=O)c2cccs2)CC1. The van der Waals surface area contributed by atoms with Crippen LogP contribution in [0.1, 0.15) is 11.6 Å². The highest BCUT2D eigenvalue weighted by Gasteiger charge is 2.34. The second kappa shape index (κ2) is 9.27. The van der Waals surface area contributed by atoms with Crippen LogP contribution < -0.4 is 5.32 Å². The summed E-state index contributed by atoms with van der Waals surface area (Å²) in [6.45, 7) is 1.43. The summed E-state index contributed by atoms with van der Waals surface area (Å²) in [6, 6.07) is 17.7. The average molecular weight is 460 g/mol. The van der Waals surface area contributed by atoms with Crippen LogP contribution in [0.25, 0.3) is 0 Å². The first kappa shape index (κ1) is 21.6. The Morgan fingerprint density at radius 3 is 2.23 bits per heavy atom. The lowest BCUT2D eigenvalue weighted by atomic mass is 10.0. The lowest BCUT2D eigenvalue weighted by molar-refractivity contribution is -0.122. The third-order valence-corrected chi connectivity index (χ3v) is 8.47. The van der Waals surface area contributed by atoms with E-state index in [1.165, 1.54) is 39.9 Å². The van der Waals surface area contributed by atoms with Crippen LogP contribution in [0.5, 0.6) is 0 Å². The van der Waals surface area contributed by atoms with Crippen LogP contribution in [-0.4, -0.2) is 49.7 Å². The van der Waals surface area contributed by atoms with Crippen LogP contribution in [-0.2, 0) is 14.8 Å². The summed E-state index contributed by atoms with van der Waals surface area (Å²) in [6.07, 6.45) is 0. The molecule has 2 heterocycles. The molecule has 1 aliphatic heterocycles. The molecule has 162 valence electrons. The third kappa shape index (κ3) is 4.85. The smallest absolute Gasteiger partial charge is 0.252 e. The van der Waals surface area contributed by atoms with E-state index >= 15 is 0 Å². The first-order valence-corrected chi connectivity index (χ1v) is 12.2. The molecule has 1 amide bonds. The Morgan fingerprint density at radius 1 is 0.935 bits per heavy atom. The van der Waals surface area contributed by atoms with Crippen molar-refractivity contribution in [1.29, 1.82) is 0 Å². The summed E-state index contributed by atoms with van der Waals surface area (Å²) in [7, 11) is -3.52. The van der Waals surface area contributed by atoms with Crippen molar-refractivity contribution in [3.8, 4) is 0 Å². The number of anilines is 1. The Kier molecular flexibility index (Phi) is 6.47. The summed E-state index contributed by atoms with van der Waals surface area (Å²) < 4.78 is 40.6. The van der Waals surface area contributed by atoms with E-state index in [1.807, 2.05) is 35.2 Å². The van der Waals surface area contributed by atoms with Crippen LogP contribution in [0.4, 0.5) is 10.1 Å². The van der Waals surface area contributed by atoms with E-state index in [4.69, 9.17) is 0 Å². The summed E-state index contributed by atoms with van der Waals surface area (Å²) in [5.41, 5.74) is 1.32. The molecular weight excluding hydrogens is 437 g/mol. The molecule has 4 rings (SSSR count). The van der Waals surface area contributed by atoms with Crippen molar-refractivity contribution in [1.82, 2.24) is 9.21 Å². The van der Waals surface area contributed by atoms with Crippen molar-refractivity contribution in [2.75, 3.05) is 31.5 Å². The zero-order valence-corrected chi connectivity index (χ0v) is 18.3. The number of nitrogens with zero attached hydrogens (tertiary/aromatic N) is 2. The zero-order valence-electron chi connectivity index (χ0n) is 16.6. The number of amides is 1. The summed E-state index contributed by atoms with van der Waals surface area (Å²) in [5.74, 6) is -0.618. The topological polar surface area (TPSA) is 69.7 Å². The quantitative estimate of drug-likeness (QED) is 0.612. The van der Waals surface area contributed by atoms with Crippen LogP contribution in [0.15, 0.2) is 76.3 Å². The van der Waals surface area contributed by atoms with Crippen molar-refractivity contribution in [3.63, 3.8) is 0 Å². The van der Waals surface area contributed by atoms with Gasteiger partial charge in [-0.2, -0.15) is 4.31 Å². The van der Waals surface area contributed by atoms with Crippen LogP contribution in [0.2, 0.25) is 0 Å². The number of halogens is 1. The lowest BCUT2D eigenvalue weighted by Gasteiger charge is -2.38. The first-order chi connectivity index (χ1) is 14.9. The molecule has 1 aromatic heterocycles. The highest BCUT2D eigenvalue weighted by molar-refractivity contribution is 7.91. The second-order valence-electron chi connectivity index (χ2n) is 7.18. The molecule has 6 nitrogen and oxygen atoms in total. The lowest BCUT2D eigenvalue weighted by Crippen LogP contribution is -2.51. The number of hydrogen-bond donors (Lipinski definition) is 1. The molecule has 1 atom stereocenters. The molecular formula is C22H22FN3O3S2. The molecule has 0 unspecified atom stereocenters. The first-order valence-electron chi connectivity index (χ1n) is 9.84. The minimum absolute atomic E-state index is 0.243. The molecule has 1 N–H and O–H groups in total. The van der Waals surface area contributed by atoms with Gasteiger partial charge in [0.05, 0.1) is 0 Å². The average Bonchev–Trinajstić information content (AvgIpc) is 3.33. The number of sulfonamides is 1. The van der Waals surface area contributed by atoms with Gasteiger partial charge >= 0.3 is 0 Å². The highest BCUT2D eigenvalue weighted by atomic mass is 32.2. The van der Waals surface area contributed by atoms with E-state index < -0.39 is 16.1 Å². The monoisotopic (exact) mass is 459 g/mol. The molecule has 0 spiro atoms. The van der Waals surface area contributed by atoms with E-state index in [-0.39, 0.29) is 11.7 Å². The normalized spacial score (nSPS) is 16.7. The van der Waals surface area contributed by atoms with Gasteiger partial charge in [-0.15, -0.1) is 11.3 Å². The molecule has 2 aromatic carbocycles. The van der Waals surface area contributed by atoms with Gasteiger partial charge in [0.15, 0.2) is 0 Å². The van der Waals surface area contributed by atoms with E-state index in [9.17, 15) is 17.6 Å². The minimum Gasteiger partial charge on any atom is -0.324 e. The standard InChI is InChI=1S/C22H22FN3O3S2/c23-18-8-10-19(11-9-18)24-22(27)21(17-5-2-1-3-6-17)25-12-14-26(15-13-25)31(28,29)20-7-4-16-30-20/h1-11,16,21H,12-15H2,(H,24,27)/t21-/m1/s1. The molecule has 0 saturated carbocycles. The summed E-state index contributed by atoms with van der Waals surface area (Å²) in [4.78, 5) is 15.2. The van der Waals surface area contributed by atoms with Gasteiger partial charge in [0.2, 0.25) is 5.91 Å².